The Morgan fingerprint density at radius 2 is 1.85 bits per heavy atom. The topological polar surface area (TPSA) is 124 Å². The molecule has 1 aromatic carbocycles. The highest BCUT2D eigenvalue weighted by Gasteiger charge is 2.45. The quantitative estimate of drug-likeness (QED) is 0.634. The first kappa shape index (κ1) is 20.0. The maximum atomic E-state index is 11.1. The number of methoxy groups -OCH3 is 1. The van der Waals surface area contributed by atoms with Gasteiger partial charge in [0.1, 0.15) is 18.0 Å². The Hall–Kier alpha value is -2.36. The zero-order valence-electron chi connectivity index (χ0n) is 14.7. The van der Waals surface area contributed by atoms with E-state index >= 15 is 0 Å². The molecule has 9 nitrogen and oxygen atoms in total. The van der Waals surface area contributed by atoms with Gasteiger partial charge in [0.2, 0.25) is 6.29 Å². The molecule has 0 aliphatic carbocycles. The molecule has 9 heteroatoms. The minimum absolute atomic E-state index is 0.287. The van der Waals surface area contributed by atoms with Crippen molar-refractivity contribution in [2.45, 2.75) is 51.1 Å². The number of rotatable bonds is 5. The van der Waals surface area contributed by atoms with E-state index in [1.807, 2.05) is 0 Å². The molecule has 1 aromatic rings. The van der Waals surface area contributed by atoms with Gasteiger partial charge in [-0.05, 0) is 24.6 Å². The second-order valence-corrected chi connectivity index (χ2v) is 5.87. The lowest BCUT2D eigenvalue weighted by atomic mass is 9.99. The molecule has 26 heavy (non-hydrogen) atoms. The molecule has 144 valence electrons. The van der Waals surface area contributed by atoms with E-state index in [9.17, 15) is 19.8 Å². The second-order valence-electron chi connectivity index (χ2n) is 5.87. The number of alkyl carbamates (subject to hydrolysis) is 1. The number of hydrogen-bond acceptors (Lipinski definition) is 8. The van der Waals surface area contributed by atoms with E-state index < -0.39 is 42.8 Å². The smallest absolute Gasteiger partial charge is 0.407 e. The number of amides is 1. The molecule has 1 fully saturated rings. The molecule has 1 aliphatic rings. The van der Waals surface area contributed by atoms with Crippen molar-refractivity contribution in [3.05, 3.63) is 29.8 Å². The Morgan fingerprint density at radius 3 is 2.42 bits per heavy atom. The zero-order valence-corrected chi connectivity index (χ0v) is 14.7. The van der Waals surface area contributed by atoms with E-state index in [0.717, 1.165) is 5.56 Å². The number of nitrogens with one attached hydrogen (secondary N) is 1. The van der Waals surface area contributed by atoms with Crippen LogP contribution in [-0.2, 0) is 25.5 Å². The molecule has 5 atom stereocenters. The molecule has 1 aliphatic heterocycles. The van der Waals surface area contributed by atoms with Crippen molar-refractivity contribution < 1.29 is 38.7 Å². The summed E-state index contributed by atoms with van der Waals surface area (Å²) in [6, 6.07) is 6.73. The fourth-order valence-electron chi connectivity index (χ4n) is 2.52. The lowest BCUT2D eigenvalue weighted by molar-refractivity contribution is -0.272. The van der Waals surface area contributed by atoms with Crippen molar-refractivity contribution in [2.24, 2.45) is 0 Å². The summed E-state index contributed by atoms with van der Waals surface area (Å²) < 4.78 is 20.6. The number of aliphatic hydroxyl groups is 2. The predicted octanol–water partition coefficient (Wildman–Crippen LogP) is 0.320. The summed E-state index contributed by atoms with van der Waals surface area (Å²) in [4.78, 5) is 22.1. The number of ether oxygens (including phenoxy) is 4. The molecular weight excluding hydrogens is 346 g/mol. The number of carbonyl (C=O) groups is 2. The van der Waals surface area contributed by atoms with Gasteiger partial charge in [-0.25, -0.2) is 4.79 Å². The monoisotopic (exact) mass is 369 g/mol. The Morgan fingerprint density at radius 1 is 1.19 bits per heavy atom. The third-order valence-electron chi connectivity index (χ3n) is 3.88. The second kappa shape index (κ2) is 8.84. The van der Waals surface area contributed by atoms with Crippen molar-refractivity contribution in [2.75, 3.05) is 7.11 Å². The SMILES string of the molecule is COC(=O)NCc1ccc(O[C@@H]2O[C@@H](C)[C@H](OC(C)=O)[C@@H](O)[C@H]2O)cc1. The van der Waals surface area contributed by atoms with Crippen LogP contribution in [0.3, 0.4) is 0 Å². The number of aliphatic hydroxyl groups excluding tert-OH is 2. The molecule has 0 saturated carbocycles. The van der Waals surface area contributed by atoms with E-state index in [4.69, 9.17) is 14.2 Å². The molecule has 0 unspecified atom stereocenters. The summed E-state index contributed by atoms with van der Waals surface area (Å²) in [6.45, 7) is 3.11. The van der Waals surface area contributed by atoms with Gasteiger partial charge in [0.05, 0.1) is 13.2 Å². The Kier molecular flexibility index (Phi) is 6.78. The molecule has 1 saturated heterocycles. The first-order valence-electron chi connectivity index (χ1n) is 8.08. The molecular formula is C17H23NO8. The van der Waals surface area contributed by atoms with Gasteiger partial charge in [-0.3, -0.25) is 4.79 Å². The van der Waals surface area contributed by atoms with Crippen molar-refractivity contribution in [1.82, 2.24) is 5.32 Å². The summed E-state index contributed by atoms with van der Waals surface area (Å²) in [6.07, 6.45) is -6.02. The molecule has 2 rings (SSSR count). The van der Waals surface area contributed by atoms with Crippen LogP contribution in [0.25, 0.3) is 0 Å². The largest absolute Gasteiger partial charge is 0.462 e. The van der Waals surface area contributed by atoms with Gasteiger partial charge in [-0.15, -0.1) is 0 Å². The lowest BCUT2D eigenvalue weighted by Crippen LogP contribution is -2.59. The fraction of sp³-hybridized carbons (Fsp3) is 0.529. The van der Waals surface area contributed by atoms with Gasteiger partial charge < -0.3 is 34.5 Å². The lowest BCUT2D eigenvalue weighted by Gasteiger charge is -2.40. The average Bonchev–Trinajstić information content (AvgIpc) is 2.62. The number of hydrogen-bond donors (Lipinski definition) is 3. The van der Waals surface area contributed by atoms with Crippen LogP contribution in [0.5, 0.6) is 5.75 Å². The normalized spacial score (nSPS) is 28.1. The molecule has 0 radical (unpaired) electrons. The van der Waals surface area contributed by atoms with E-state index in [2.05, 4.69) is 10.1 Å². The number of benzene rings is 1. The minimum Gasteiger partial charge on any atom is -0.462 e. The maximum absolute atomic E-state index is 11.1. The third-order valence-corrected chi connectivity index (χ3v) is 3.88. The van der Waals surface area contributed by atoms with Crippen LogP contribution < -0.4 is 10.1 Å². The van der Waals surface area contributed by atoms with Gasteiger partial charge in [-0.2, -0.15) is 0 Å². The number of esters is 1. The van der Waals surface area contributed by atoms with Crippen LogP contribution in [0.1, 0.15) is 19.4 Å². The van der Waals surface area contributed by atoms with E-state index in [0.29, 0.717) is 5.75 Å². The van der Waals surface area contributed by atoms with Crippen molar-refractivity contribution >= 4 is 12.1 Å². The van der Waals surface area contributed by atoms with Gasteiger partial charge >= 0.3 is 12.1 Å². The van der Waals surface area contributed by atoms with Crippen molar-refractivity contribution in [1.29, 1.82) is 0 Å². The highest BCUT2D eigenvalue weighted by atomic mass is 16.7. The van der Waals surface area contributed by atoms with E-state index in [1.165, 1.54) is 14.0 Å². The first-order chi connectivity index (χ1) is 12.3. The first-order valence-corrected chi connectivity index (χ1v) is 8.08. The van der Waals surface area contributed by atoms with Gasteiger partial charge in [0.15, 0.2) is 6.10 Å². The van der Waals surface area contributed by atoms with Gasteiger partial charge in [0, 0.05) is 13.5 Å². The average molecular weight is 369 g/mol. The molecule has 1 amide bonds. The Balaban J connectivity index is 1.95. The van der Waals surface area contributed by atoms with Crippen molar-refractivity contribution in [3.63, 3.8) is 0 Å². The van der Waals surface area contributed by atoms with Gasteiger partial charge in [0.25, 0.3) is 0 Å². The Bertz CT molecular complexity index is 620. The summed E-state index contributed by atoms with van der Waals surface area (Å²) in [5, 5.41) is 22.9. The highest BCUT2D eigenvalue weighted by molar-refractivity contribution is 5.67. The van der Waals surface area contributed by atoms with Crippen LogP contribution in [-0.4, -0.2) is 60.1 Å². The standard InChI is InChI=1S/C17H23NO8/c1-9-15(25-10(2)19)13(20)14(21)16(24-9)26-12-6-4-11(5-7-12)8-18-17(22)23-3/h4-7,9,13-16,20-21H,8H2,1-3H3,(H,18,22)/t9-,13-,14+,15-,16-/m0/s1. The number of carbonyl (C=O) groups excluding carboxylic acids is 2. The maximum Gasteiger partial charge on any atom is 0.407 e. The van der Waals surface area contributed by atoms with Crippen molar-refractivity contribution in [3.8, 4) is 5.75 Å². The molecule has 0 bridgehead atoms. The molecule has 1 heterocycles. The highest BCUT2D eigenvalue weighted by Crippen LogP contribution is 2.26. The fourth-order valence-corrected chi connectivity index (χ4v) is 2.52. The Labute approximate surface area is 150 Å². The van der Waals surface area contributed by atoms with Gasteiger partial charge in [-0.1, -0.05) is 12.1 Å². The summed E-state index contributed by atoms with van der Waals surface area (Å²) >= 11 is 0. The third kappa shape index (κ3) is 5.07. The van der Waals surface area contributed by atoms with Crippen LogP contribution >= 0.6 is 0 Å². The molecule has 0 aromatic heterocycles. The van der Waals surface area contributed by atoms with Crippen LogP contribution in [0.2, 0.25) is 0 Å². The van der Waals surface area contributed by atoms with Crippen LogP contribution in [0.15, 0.2) is 24.3 Å². The van der Waals surface area contributed by atoms with E-state index in [1.54, 1.807) is 31.2 Å². The minimum atomic E-state index is -1.39. The summed E-state index contributed by atoms with van der Waals surface area (Å²) in [5.41, 5.74) is 0.816. The van der Waals surface area contributed by atoms with Crippen LogP contribution in [0.4, 0.5) is 4.79 Å². The summed E-state index contributed by atoms with van der Waals surface area (Å²) in [7, 11) is 1.28. The summed E-state index contributed by atoms with van der Waals surface area (Å²) in [5.74, 6) is -0.173. The molecule has 0 spiro atoms. The van der Waals surface area contributed by atoms with Crippen LogP contribution in [0, 0.1) is 0 Å². The predicted molar refractivity (Wildman–Crippen MR) is 88.2 cm³/mol. The zero-order chi connectivity index (χ0) is 19.3. The van der Waals surface area contributed by atoms with E-state index in [-0.39, 0.29) is 6.54 Å². The molecule has 3 N–H and O–H groups in total.